The van der Waals surface area contributed by atoms with Crippen molar-refractivity contribution in [1.82, 2.24) is 10.9 Å². The maximum absolute atomic E-state index is 11.9. The Kier molecular flexibility index (Phi) is 3.44. The molecule has 0 aliphatic carbocycles. The van der Waals surface area contributed by atoms with E-state index in [4.69, 9.17) is 0 Å². The number of nitrogens with one attached hydrogen (secondary N) is 2. The molecule has 3 heteroatoms. The van der Waals surface area contributed by atoms with Crippen LogP contribution < -0.4 is 10.9 Å². The fourth-order valence-electron chi connectivity index (χ4n) is 2.73. The van der Waals surface area contributed by atoms with Gasteiger partial charge in [-0.1, -0.05) is 50.2 Å². The number of rotatable bonds is 2. The molecular formula is C19H22N2O. The van der Waals surface area contributed by atoms with Crippen molar-refractivity contribution in [3.05, 3.63) is 53.2 Å². The van der Waals surface area contributed by atoms with Crippen molar-refractivity contribution in [2.45, 2.75) is 33.6 Å². The van der Waals surface area contributed by atoms with E-state index in [0.717, 1.165) is 11.3 Å². The van der Waals surface area contributed by atoms with Gasteiger partial charge >= 0.3 is 0 Å². The van der Waals surface area contributed by atoms with Gasteiger partial charge in [0, 0.05) is 5.70 Å². The molecule has 114 valence electrons. The average Bonchev–Trinajstić information content (AvgIpc) is 2.74. The van der Waals surface area contributed by atoms with Gasteiger partial charge in [-0.25, -0.2) is 0 Å². The molecule has 0 spiro atoms. The van der Waals surface area contributed by atoms with E-state index in [9.17, 15) is 4.79 Å². The SMILES string of the molecule is CC(C)c1ccc2cccc(/C=C3\NNC(=O)C3(C)C)c2c1. The van der Waals surface area contributed by atoms with Gasteiger partial charge in [0.1, 0.15) is 0 Å². The second-order valence-corrected chi connectivity index (χ2v) is 6.74. The zero-order valence-corrected chi connectivity index (χ0v) is 13.5. The molecule has 0 saturated carbocycles. The summed E-state index contributed by atoms with van der Waals surface area (Å²) in [6.45, 7) is 8.26. The van der Waals surface area contributed by atoms with E-state index < -0.39 is 5.41 Å². The van der Waals surface area contributed by atoms with E-state index >= 15 is 0 Å². The van der Waals surface area contributed by atoms with Gasteiger partial charge in [0.25, 0.3) is 0 Å². The number of hydrazine groups is 1. The molecular weight excluding hydrogens is 272 g/mol. The Morgan fingerprint density at radius 2 is 1.86 bits per heavy atom. The van der Waals surface area contributed by atoms with Crippen molar-refractivity contribution < 1.29 is 4.79 Å². The van der Waals surface area contributed by atoms with Gasteiger partial charge in [0.15, 0.2) is 0 Å². The summed E-state index contributed by atoms with van der Waals surface area (Å²) in [5, 5.41) is 2.44. The van der Waals surface area contributed by atoms with Crippen molar-refractivity contribution >= 4 is 22.8 Å². The van der Waals surface area contributed by atoms with Crippen molar-refractivity contribution in [3.63, 3.8) is 0 Å². The van der Waals surface area contributed by atoms with Crippen LogP contribution in [0.5, 0.6) is 0 Å². The number of benzene rings is 2. The van der Waals surface area contributed by atoms with E-state index in [2.05, 4.69) is 67.2 Å². The highest BCUT2D eigenvalue weighted by Gasteiger charge is 2.37. The van der Waals surface area contributed by atoms with E-state index in [0.29, 0.717) is 5.92 Å². The molecule has 22 heavy (non-hydrogen) atoms. The van der Waals surface area contributed by atoms with Crippen molar-refractivity contribution in [2.24, 2.45) is 5.41 Å². The third kappa shape index (κ3) is 2.37. The van der Waals surface area contributed by atoms with Crippen LogP contribution in [-0.2, 0) is 4.79 Å². The molecule has 2 aromatic rings. The molecule has 0 atom stereocenters. The van der Waals surface area contributed by atoms with Crippen LogP contribution in [0.2, 0.25) is 0 Å². The lowest BCUT2D eigenvalue weighted by Gasteiger charge is -2.15. The first-order valence-electron chi connectivity index (χ1n) is 7.71. The van der Waals surface area contributed by atoms with Crippen LogP contribution in [0.1, 0.15) is 44.7 Å². The zero-order valence-electron chi connectivity index (χ0n) is 13.5. The number of hydrogen-bond acceptors (Lipinski definition) is 2. The van der Waals surface area contributed by atoms with Crippen LogP contribution in [-0.4, -0.2) is 5.91 Å². The largest absolute Gasteiger partial charge is 0.302 e. The molecule has 1 saturated heterocycles. The molecule has 3 nitrogen and oxygen atoms in total. The van der Waals surface area contributed by atoms with Crippen LogP contribution in [0.15, 0.2) is 42.1 Å². The van der Waals surface area contributed by atoms with Crippen molar-refractivity contribution in [2.75, 3.05) is 0 Å². The summed E-state index contributed by atoms with van der Waals surface area (Å²) in [5.41, 5.74) is 8.54. The van der Waals surface area contributed by atoms with Gasteiger partial charge in [-0.2, -0.15) is 0 Å². The molecule has 2 aromatic carbocycles. The number of carbonyl (C=O) groups is 1. The quantitative estimate of drug-likeness (QED) is 0.880. The third-order valence-electron chi connectivity index (χ3n) is 4.46. The van der Waals surface area contributed by atoms with Gasteiger partial charge in [-0.15, -0.1) is 0 Å². The van der Waals surface area contributed by atoms with Crippen molar-refractivity contribution in [1.29, 1.82) is 0 Å². The Morgan fingerprint density at radius 1 is 1.09 bits per heavy atom. The second kappa shape index (κ2) is 5.16. The van der Waals surface area contributed by atoms with Gasteiger partial charge in [-0.05, 0) is 47.7 Å². The van der Waals surface area contributed by atoms with Gasteiger partial charge in [0.05, 0.1) is 5.41 Å². The maximum Gasteiger partial charge on any atom is 0.249 e. The third-order valence-corrected chi connectivity index (χ3v) is 4.46. The Labute approximate surface area is 131 Å². The normalized spacial score (nSPS) is 18.8. The highest BCUT2D eigenvalue weighted by molar-refractivity contribution is 5.94. The van der Waals surface area contributed by atoms with Crippen LogP contribution in [0.25, 0.3) is 16.8 Å². The fourth-order valence-corrected chi connectivity index (χ4v) is 2.73. The van der Waals surface area contributed by atoms with Crippen LogP contribution in [0.3, 0.4) is 0 Å². The van der Waals surface area contributed by atoms with E-state index in [1.54, 1.807) is 0 Å². The lowest BCUT2D eigenvalue weighted by atomic mass is 9.88. The Hall–Kier alpha value is -2.29. The van der Waals surface area contributed by atoms with E-state index in [1.165, 1.54) is 16.3 Å². The second-order valence-electron chi connectivity index (χ2n) is 6.74. The minimum absolute atomic E-state index is 0.00172. The molecule has 0 bridgehead atoms. The fraction of sp³-hybridized carbons (Fsp3) is 0.316. The monoisotopic (exact) mass is 294 g/mol. The molecule has 1 aliphatic heterocycles. The van der Waals surface area contributed by atoms with Crippen LogP contribution in [0.4, 0.5) is 0 Å². The van der Waals surface area contributed by atoms with E-state index in [-0.39, 0.29) is 5.91 Å². The maximum atomic E-state index is 11.9. The lowest BCUT2D eigenvalue weighted by Crippen LogP contribution is -2.28. The Morgan fingerprint density at radius 3 is 2.50 bits per heavy atom. The van der Waals surface area contributed by atoms with Crippen LogP contribution in [0, 0.1) is 5.41 Å². The van der Waals surface area contributed by atoms with Crippen LogP contribution >= 0.6 is 0 Å². The summed E-state index contributed by atoms with van der Waals surface area (Å²) < 4.78 is 0. The summed E-state index contributed by atoms with van der Waals surface area (Å²) in [6.07, 6.45) is 2.07. The molecule has 1 amide bonds. The first-order valence-corrected chi connectivity index (χ1v) is 7.71. The standard InChI is InChI=1S/C19H22N2O/c1-12(2)14-9-8-13-6-5-7-15(16(13)10-14)11-17-19(3,4)18(22)21-20-17/h5-12,20H,1-4H3,(H,21,22)/b17-11-. The number of carbonyl (C=O) groups excluding carboxylic acids is 1. The first kappa shape index (κ1) is 14.6. The minimum Gasteiger partial charge on any atom is -0.302 e. The topological polar surface area (TPSA) is 41.1 Å². The van der Waals surface area contributed by atoms with Crippen molar-refractivity contribution in [3.8, 4) is 0 Å². The Balaban J connectivity index is 2.15. The molecule has 1 aliphatic rings. The molecule has 0 radical (unpaired) electrons. The summed E-state index contributed by atoms with van der Waals surface area (Å²) in [6, 6.07) is 12.9. The molecule has 1 heterocycles. The van der Waals surface area contributed by atoms with E-state index in [1.807, 2.05) is 13.8 Å². The summed E-state index contributed by atoms with van der Waals surface area (Å²) in [4.78, 5) is 11.9. The molecule has 2 N–H and O–H groups in total. The number of amides is 1. The van der Waals surface area contributed by atoms with Gasteiger partial charge < -0.3 is 5.43 Å². The van der Waals surface area contributed by atoms with Gasteiger partial charge in [-0.3, -0.25) is 10.2 Å². The molecule has 0 aromatic heterocycles. The minimum atomic E-state index is -0.530. The summed E-state index contributed by atoms with van der Waals surface area (Å²) >= 11 is 0. The highest BCUT2D eigenvalue weighted by Crippen LogP contribution is 2.32. The highest BCUT2D eigenvalue weighted by atomic mass is 16.2. The number of fused-ring (bicyclic) bond motifs is 1. The predicted molar refractivity (Wildman–Crippen MR) is 91.1 cm³/mol. The number of hydrogen-bond donors (Lipinski definition) is 2. The lowest BCUT2D eigenvalue weighted by molar-refractivity contribution is -0.125. The average molecular weight is 294 g/mol. The summed E-state index contributed by atoms with van der Waals surface area (Å²) in [5.74, 6) is 0.497. The van der Waals surface area contributed by atoms with Gasteiger partial charge in [0.2, 0.25) is 5.91 Å². The summed E-state index contributed by atoms with van der Waals surface area (Å²) in [7, 11) is 0. The Bertz CT molecular complexity index is 772. The molecule has 0 unspecified atom stereocenters. The first-order chi connectivity index (χ1) is 10.4. The molecule has 1 fully saturated rings. The smallest absolute Gasteiger partial charge is 0.249 e. The predicted octanol–water partition coefficient (Wildman–Crippen LogP) is 3.96. The zero-order chi connectivity index (χ0) is 15.9. The molecule has 3 rings (SSSR count).